The Kier molecular flexibility index (Phi) is 8.46. The zero-order chi connectivity index (χ0) is 33.7. The topological polar surface area (TPSA) is 98.1 Å². The van der Waals surface area contributed by atoms with E-state index in [2.05, 4.69) is 65.2 Å². The molecule has 0 N–H and O–H groups in total. The highest BCUT2D eigenvalue weighted by Gasteiger charge is 2.37. The second kappa shape index (κ2) is 12.6. The average Bonchev–Trinajstić information content (AvgIpc) is 3.02. The summed E-state index contributed by atoms with van der Waals surface area (Å²) < 4.78 is 12.3. The van der Waals surface area contributed by atoms with Crippen LogP contribution in [0.5, 0.6) is 5.75 Å². The smallest absolute Gasteiger partial charge is 0.410 e. The summed E-state index contributed by atoms with van der Waals surface area (Å²) in [6, 6.07) is 16.9. The minimum absolute atomic E-state index is 0.183. The Morgan fingerprint density at radius 3 is 2.56 bits per heavy atom. The summed E-state index contributed by atoms with van der Waals surface area (Å²) in [4.78, 5) is 32.0. The number of aromatic nitrogens is 2. The summed E-state index contributed by atoms with van der Waals surface area (Å²) in [6.07, 6.45) is 1.53. The number of hydrogen-bond acceptors (Lipinski definition) is 9. The molecule has 0 saturated carbocycles. The Labute approximate surface area is 286 Å². The molecule has 2 fully saturated rings. The quantitative estimate of drug-likeness (QED) is 0.236. The van der Waals surface area contributed by atoms with Gasteiger partial charge in [-0.25, -0.2) is 9.78 Å². The van der Waals surface area contributed by atoms with Crippen LogP contribution in [0.1, 0.15) is 39.2 Å². The number of halogens is 1. The Morgan fingerprint density at radius 1 is 1.06 bits per heavy atom. The van der Waals surface area contributed by atoms with Crippen molar-refractivity contribution >= 4 is 51.1 Å². The van der Waals surface area contributed by atoms with Crippen molar-refractivity contribution in [3.8, 4) is 22.9 Å². The van der Waals surface area contributed by atoms with Crippen LogP contribution in [0.3, 0.4) is 0 Å². The van der Waals surface area contributed by atoms with Crippen LogP contribution >= 0.6 is 11.6 Å². The molecule has 48 heavy (non-hydrogen) atoms. The number of ether oxygens (including phenoxy) is 2. The molecule has 3 aliphatic rings. The van der Waals surface area contributed by atoms with Gasteiger partial charge in [-0.05, 0) is 76.4 Å². The van der Waals surface area contributed by atoms with Gasteiger partial charge in [-0.3, -0.25) is 0 Å². The molecule has 1 amide bonds. The third-order valence-electron chi connectivity index (χ3n) is 9.59. The molecule has 3 aromatic carbocycles. The number of carbonyl (C=O) groups is 1. The lowest BCUT2D eigenvalue weighted by Gasteiger charge is -2.44. The van der Waals surface area contributed by atoms with Crippen molar-refractivity contribution in [2.75, 3.05) is 63.2 Å². The molecular weight excluding hydrogens is 626 g/mol. The van der Waals surface area contributed by atoms with Gasteiger partial charge in [-0.1, -0.05) is 41.9 Å². The van der Waals surface area contributed by atoms with Gasteiger partial charge in [-0.2, -0.15) is 10.2 Å². The van der Waals surface area contributed by atoms with E-state index in [9.17, 15) is 10.1 Å². The lowest BCUT2D eigenvalue weighted by atomic mass is 9.89. The standard InChI is InChI=1S/C37H42ClN7O3/c1-37(2,3)48-36(46)45-17-16-43(20-24(45)14-15-39)34-32-30(40-35(41-34)44-21-25(22-44)42(4)5)19-28(27-12-8-18-47-33(27)32)26-11-6-9-23-10-7-13-29(38)31(23)26/h6-7,9-11,13,19,24-25H,8,12,14,16-18,20-22H2,1-5H3/t24-/m0/s1. The van der Waals surface area contributed by atoms with Crippen LogP contribution in [0.15, 0.2) is 42.5 Å². The van der Waals surface area contributed by atoms with Gasteiger partial charge in [0.2, 0.25) is 5.95 Å². The van der Waals surface area contributed by atoms with E-state index in [0.717, 1.165) is 75.9 Å². The number of amides is 1. The molecule has 7 rings (SSSR count). The third-order valence-corrected chi connectivity index (χ3v) is 9.90. The fourth-order valence-electron chi connectivity index (χ4n) is 7.07. The summed E-state index contributed by atoms with van der Waals surface area (Å²) >= 11 is 6.85. The van der Waals surface area contributed by atoms with Crippen LogP contribution in [-0.4, -0.2) is 97.0 Å². The maximum Gasteiger partial charge on any atom is 0.410 e. The second-order valence-corrected chi connectivity index (χ2v) is 14.6. The Bertz CT molecular complexity index is 1920. The number of fused-ring (bicyclic) bond motifs is 4. The number of anilines is 2. The minimum atomic E-state index is -0.632. The third kappa shape index (κ3) is 5.95. The van der Waals surface area contributed by atoms with Crippen LogP contribution in [0.25, 0.3) is 32.8 Å². The first-order valence-electron chi connectivity index (χ1n) is 16.7. The summed E-state index contributed by atoms with van der Waals surface area (Å²) in [5.74, 6) is 2.25. The number of benzene rings is 3. The van der Waals surface area contributed by atoms with E-state index in [1.165, 1.54) is 0 Å². The maximum absolute atomic E-state index is 13.2. The van der Waals surface area contributed by atoms with Crippen LogP contribution < -0.4 is 14.5 Å². The fourth-order valence-corrected chi connectivity index (χ4v) is 7.35. The Balaban J connectivity index is 1.38. The molecule has 11 heteroatoms. The first-order chi connectivity index (χ1) is 23.0. The van der Waals surface area contributed by atoms with Crippen molar-refractivity contribution in [2.45, 2.75) is 57.7 Å². The molecule has 0 bridgehead atoms. The molecule has 3 aliphatic heterocycles. The summed E-state index contributed by atoms with van der Waals surface area (Å²) in [7, 11) is 4.19. The van der Waals surface area contributed by atoms with Crippen molar-refractivity contribution in [1.82, 2.24) is 19.8 Å². The Morgan fingerprint density at radius 2 is 1.83 bits per heavy atom. The van der Waals surface area contributed by atoms with Gasteiger partial charge in [0, 0.05) is 54.7 Å². The first-order valence-corrected chi connectivity index (χ1v) is 17.1. The number of hydrogen-bond donors (Lipinski definition) is 0. The molecule has 10 nitrogen and oxygen atoms in total. The molecule has 250 valence electrons. The molecule has 4 aromatic rings. The van der Waals surface area contributed by atoms with Crippen LogP contribution in [0.2, 0.25) is 5.02 Å². The fraction of sp³-hybridized carbons (Fsp3) is 0.459. The van der Waals surface area contributed by atoms with E-state index in [4.69, 9.17) is 31.0 Å². The highest BCUT2D eigenvalue weighted by Crippen LogP contribution is 2.46. The molecular formula is C37H42ClN7O3. The second-order valence-electron chi connectivity index (χ2n) is 14.2. The van der Waals surface area contributed by atoms with Gasteiger partial charge >= 0.3 is 6.09 Å². The van der Waals surface area contributed by atoms with Crippen molar-refractivity contribution < 1.29 is 14.3 Å². The summed E-state index contributed by atoms with van der Waals surface area (Å²) in [6.45, 7) is 9.20. The molecule has 0 radical (unpaired) electrons. The number of piperazine rings is 1. The number of likely N-dealkylation sites (N-methyl/N-ethyl adjacent to an activating group) is 1. The molecule has 0 aliphatic carbocycles. The minimum Gasteiger partial charge on any atom is -0.492 e. The molecule has 4 heterocycles. The molecule has 1 aromatic heterocycles. The first kappa shape index (κ1) is 32.2. The predicted octanol–water partition coefficient (Wildman–Crippen LogP) is 6.52. The van der Waals surface area contributed by atoms with Crippen molar-refractivity contribution in [2.24, 2.45) is 0 Å². The number of carbonyl (C=O) groups excluding carboxylic acids is 1. The number of nitrogens with zero attached hydrogens (tertiary/aromatic N) is 7. The normalized spacial score (nSPS) is 18.5. The van der Waals surface area contributed by atoms with E-state index < -0.39 is 11.7 Å². The van der Waals surface area contributed by atoms with E-state index >= 15 is 0 Å². The Hall–Kier alpha value is -4.33. The monoisotopic (exact) mass is 667 g/mol. The van der Waals surface area contributed by atoms with Gasteiger partial charge in [0.25, 0.3) is 0 Å². The van der Waals surface area contributed by atoms with Crippen molar-refractivity contribution in [1.29, 1.82) is 5.26 Å². The van der Waals surface area contributed by atoms with Crippen LogP contribution in [-0.2, 0) is 11.2 Å². The van der Waals surface area contributed by atoms with E-state index in [1.807, 2.05) is 32.9 Å². The highest BCUT2D eigenvalue weighted by atomic mass is 35.5. The van der Waals surface area contributed by atoms with Gasteiger partial charge in [-0.15, -0.1) is 0 Å². The number of rotatable bonds is 5. The van der Waals surface area contributed by atoms with Gasteiger partial charge in [0.1, 0.15) is 17.2 Å². The van der Waals surface area contributed by atoms with Gasteiger partial charge in [0.05, 0.1) is 36.0 Å². The highest BCUT2D eigenvalue weighted by molar-refractivity contribution is 6.36. The summed E-state index contributed by atoms with van der Waals surface area (Å²) in [5, 5.41) is 13.5. The molecule has 2 saturated heterocycles. The zero-order valence-electron chi connectivity index (χ0n) is 28.3. The maximum atomic E-state index is 13.2. The predicted molar refractivity (Wildman–Crippen MR) is 190 cm³/mol. The van der Waals surface area contributed by atoms with Gasteiger partial charge in [0.15, 0.2) is 0 Å². The lowest BCUT2D eigenvalue weighted by Crippen LogP contribution is -2.58. The number of nitriles is 1. The van der Waals surface area contributed by atoms with E-state index in [-0.39, 0.29) is 12.5 Å². The zero-order valence-corrected chi connectivity index (χ0v) is 29.0. The SMILES string of the molecule is CN(C)C1CN(c2nc(N3CCN(C(=O)OC(C)(C)C)[C@@H](CC#N)C3)c3c4c(c(-c5cccc6cccc(Cl)c56)cc3n2)CCCO4)C1. The van der Waals surface area contributed by atoms with Crippen molar-refractivity contribution in [3.05, 3.63) is 53.1 Å². The lowest BCUT2D eigenvalue weighted by molar-refractivity contribution is 0.0145. The molecule has 0 unspecified atom stereocenters. The van der Waals surface area contributed by atoms with E-state index in [1.54, 1.807) is 4.90 Å². The molecule has 1 atom stereocenters. The summed E-state index contributed by atoms with van der Waals surface area (Å²) in [5.41, 5.74) is 3.41. The average molecular weight is 668 g/mol. The van der Waals surface area contributed by atoms with Crippen molar-refractivity contribution in [3.63, 3.8) is 0 Å². The van der Waals surface area contributed by atoms with Gasteiger partial charge < -0.3 is 29.1 Å². The van der Waals surface area contributed by atoms with Crippen LogP contribution in [0, 0.1) is 11.3 Å². The largest absolute Gasteiger partial charge is 0.492 e. The van der Waals surface area contributed by atoms with Crippen LogP contribution in [0.4, 0.5) is 16.6 Å². The molecule has 0 spiro atoms. The van der Waals surface area contributed by atoms with E-state index in [0.29, 0.717) is 43.3 Å².